The lowest BCUT2D eigenvalue weighted by atomic mass is 10.1. The molecule has 0 aliphatic rings. The molecule has 15 heavy (non-hydrogen) atoms. The molecule has 0 unspecified atom stereocenters. The standard InChI is InChI=1S/C10H6FNS.C2H6/c1-6-2-3-8(11)10-9(6)7(4-12)5-13-10;1-2/h2-3,5H,1H3;1-2H3. The van der Waals surface area contributed by atoms with Crippen molar-refractivity contribution in [3.8, 4) is 6.07 Å². The largest absolute Gasteiger partial charge is 0.205 e. The average Bonchev–Trinajstić information content (AvgIpc) is 2.71. The summed E-state index contributed by atoms with van der Waals surface area (Å²) in [6.45, 7) is 5.88. The van der Waals surface area contributed by atoms with E-state index >= 15 is 0 Å². The topological polar surface area (TPSA) is 23.8 Å². The molecule has 3 heteroatoms. The van der Waals surface area contributed by atoms with Crippen molar-refractivity contribution in [1.29, 1.82) is 5.26 Å². The van der Waals surface area contributed by atoms with E-state index in [1.54, 1.807) is 11.4 Å². The molecule has 0 amide bonds. The number of hydrogen-bond donors (Lipinski definition) is 0. The molecule has 1 heterocycles. The molecule has 2 aromatic rings. The Morgan fingerprint density at radius 2 is 2.00 bits per heavy atom. The molecule has 1 aromatic heterocycles. The van der Waals surface area contributed by atoms with E-state index in [1.807, 2.05) is 20.8 Å². The van der Waals surface area contributed by atoms with Gasteiger partial charge in [0.05, 0.1) is 10.3 Å². The number of thiophene rings is 1. The van der Waals surface area contributed by atoms with Crippen LogP contribution in [0.1, 0.15) is 25.0 Å². The Kier molecular flexibility index (Phi) is 3.81. The maximum Gasteiger partial charge on any atom is 0.141 e. The van der Waals surface area contributed by atoms with Crippen molar-refractivity contribution in [3.05, 3.63) is 34.5 Å². The van der Waals surface area contributed by atoms with Crippen LogP contribution in [0.2, 0.25) is 0 Å². The highest BCUT2D eigenvalue weighted by Crippen LogP contribution is 2.30. The summed E-state index contributed by atoms with van der Waals surface area (Å²) < 4.78 is 13.8. The highest BCUT2D eigenvalue weighted by Gasteiger charge is 2.09. The molecule has 0 aliphatic heterocycles. The Hall–Kier alpha value is -1.40. The van der Waals surface area contributed by atoms with Gasteiger partial charge in [-0.3, -0.25) is 0 Å². The highest BCUT2D eigenvalue weighted by atomic mass is 32.1. The van der Waals surface area contributed by atoms with Crippen LogP contribution in [0.5, 0.6) is 0 Å². The van der Waals surface area contributed by atoms with Crippen molar-refractivity contribution >= 4 is 21.4 Å². The molecule has 0 bridgehead atoms. The molecular weight excluding hydrogens is 209 g/mol. The molecule has 2 rings (SSSR count). The van der Waals surface area contributed by atoms with Crippen molar-refractivity contribution in [2.24, 2.45) is 0 Å². The quantitative estimate of drug-likeness (QED) is 0.652. The number of benzene rings is 1. The first-order valence-electron chi connectivity index (χ1n) is 4.80. The van der Waals surface area contributed by atoms with Gasteiger partial charge in [-0.15, -0.1) is 11.3 Å². The van der Waals surface area contributed by atoms with Crippen molar-refractivity contribution < 1.29 is 4.39 Å². The van der Waals surface area contributed by atoms with Crippen LogP contribution in [0, 0.1) is 24.1 Å². The summed E-state index contributed by atoms with van der Waals surface area (Å²) in [6.07, 6.45) is 0. The fraction of sp³-hybridized carbons (Fsp3) is 0.250. The van der Waals surface area contributed by atoms with Crippen LogP contribution in [0.15, 0.2) is 17.5 Å². The molecule has 0 saturated carbocycles. The molecule has 0 atom stereocenters. The van der Waals surface area contributed by atoms with Gasteiger partial charge in [0.15, 0.2) is 0 Å². The van der Waals surface area contributed by atoms with Crippen LogP contribution in [0.3, 0.4) is 0 Å². The van der Waals surface area contributed by atoms with E-state index in [2.05, 4.69) is 6.07 Å². The normalized spacial score (nSPS) is 9.27. The van der Waals surface area contributed by atoms with Gasteiger partial charge in [-0.2, -0.15) is 5.26 Å². The summed E-state index contributed by atoms with van der Waals surface area (Å²) in [5.41, 5.74) is 1.52. The molecule has 0 fully saturated rings. The maximum atomic E-state index is 13.2. The zero-order chi connectivity index (χ0) is 11.4. The van der Waals surface area contributed by atoms with E-state index in [0.717, 1.165) is 10.9 Å². The van der Waals surface area contributed by atoms with Gasteiger partial charge in [-0.1, -0.05) is 19.9 Å². The molecule has 1 nitrogen and oxygen atoms in total. The number of rotatable bonds is 0. The van der Waals surface area contributed by atoms with E-state index < -0.39 is 0 Å². The van der Waals surface area contributed by atoms with Gasteiger partial charge in [-0.05, 0) is 18.6 Å². The Balaban J connectivity index is 0.000000531. The lowest BCUT2D eigenvalue weighted by Gasteiger charge is -1.96. The predicted octanol–water partition coefficient (Wildman–Crippen LogP) is 4.25. The highest BCUT2D eigenvalue weighted by molar-refractivity contribution is 7.17. The van der Waals surface area contributed by atoms with Gasteiger partial charge in [0.1, 0.15) is 11.9 Å². The van der Waals surface area contributed by atoms with Gasteiger partial charge in [0, 0.05) is 10.8 Å². The second kappa shape index (κ2) is 4.90. The smallest absolute Gasteiger partial charge is 0.141 e. The van der Waals surface area contributed by atoms with Gasteiger partial charge in [0.25, 0.3) is 0 Å². The van der Waals surface area contributed by atoms with Crippen LogP contribution in [-0.4, -0.2) is 0 Å². The first-order valence-corrected chi connectivity index (χ1v) is 5.68. The first kappa shape index (κ1) is 11.7. The zero-order valence-corrected chi connectivity index (χ0v) is 9.78. The van der Waals surface area contributed by atoms with E-state index in [0.29, 0.717) is 10.3 Å². The Morgan fingerprint density at radius 3 is 2.60 bits per heavy atom. The van der Waals surface area contributed by atoms with Crippen molar-refractivity contribution in [2.45, 2.75) is 20.8 Å². The number of hydrogen-bond acceptors (Lipinski definition) is 2. The summed E-state index contributed by atoms with van der Waals surface area (Å²) in [6, 6.07) is 5.20. The molecule has 1 aromatic carbocycles. The Bertz CT molecular complexity index is 508. The van der Waals surface area contributed by atoms with Crippen molar-refractivity contribution in [1.82, 2.24) is 0 Å². The monoisotopic (exact) mass is 221 g/mol. The number of nitrogens with zero attached hydrogens (tertiary/aromatic N) is 1. The second-order valence-electron chi connectivity index (χ2n) is 2.83. The Morgan fingerprint density at radius 1 is 1.33 bits per heavy atom. The van der Waals surface area contributed by atoms with Crippen molar-refractivity contribution in [3.63, 3.8) is 0 Å². The number of nitriles is 1. The average molecular weight is 221 g/mol. The first-order chi connectivity index (χ1) is 7.24. The number of fused-ring (bicyclic) bond motifs is 1. The van der Waals surface area contributed by atoms with Gasteiger partial charge < -0.3 is 0 Å². The second-order valence-corrected chi connectivity index (χ2v) is 3.71. The Labute approximate surface area is 92.8 Å². The van der Waals surface area contributed by atoms with Crippen LogP contribution < -0.4 is 0 Å². The molecule has 0 aliphatic carbocycles. The molecular formula is C12H12FNS. The van der Waals surface area contributed by atoms with Crippen LogP contribution in [0.4, 0.5) is 4.39 Å². The minimum Gasteiger partial charge on any atom is -0.205 e. The predicted molar refractivity (Wildman–Crippen MR) is 62.6 cm³/mol. The summed E-state index contributed by atoms with van der Waals surface area (Å²) in [7, 11) is 0. The SMILES string of the molecule is CC.Cc1ccc(F)c2scc(C#N)c12. The molecule has 0 spiro atoms. The summed E-state index contributed by atoms with van der Waals surface area (Å²) in [5, 5.41) is 11.2. The summed E-state index contributed by atoms with van der Waals surface area (Å²) >= 11 is 1.28. The molecule has 0 N–H and O–H groups in total. The fourth-order valence-electron chi connectivity index (χ4n) is 1.36. The van der Waals surface area contributed by atoms with E-state index in [1.165, 1.54) is 17.4 Å². The van der Waals surface area contributed by atoms with E-state index in [9.17, 15) is 4.39 Å². The lowest BCUT2D eigenvalue weighted by Crippen LogP contribution is -1.80. The third-order valence-electron chi connectivity index (χ3n) is 2.00. The number of aryl methyl sites for hydroxylation is 1. The van der Waals surface area contributed by atoms with Crippen molar-refractivity contribution in [2.75, 3.05) is 0 Å². The van der Waals surface area contributed by atoms with Gasteiger partial charge in [-0.25, -0.2) is 4.39 Å². The lowest BCUT2D eigenvalue weighted by molar-refractivity contribution is 0.641. The number of halogens is 1. The summed E-state index contributed by atoms with van der Waals surface area (Å²) in [5.74, 6) is -0.243. The third-order valence-corrected chi connectivity index (χ3v) is 2.99. The van der Waals surface area contributed by atoms with E-state index in [-0.39, 0.29) is 5.82 Å². The molecule has 78 valence electrons. The fourth-order valence-corrected chi connectivity index (χ4v) is 2.34. The van der Waals surface area contributed by atoms with Crippen LogP contribution >= 0.6 is 11.3 Å². The van der Waals surface area contributed by atoms with E-state index in [4.69, 9.17) is 5.26 Å². The minimum absolute atomic E-state index is 0.243. The maximum absolute atomic E-state index is 13.2. The van der Waals surface area contributed by atoms with Gasteiger partial charge in [0.2, 0.25) is 0 Å². The summed E-state index contributed by atoms with van der Waals surface area (Å²) in [4.78, 5) is 0. The third kappa shape index (κ3) is 2.00. The zero-order valence-electron chi connectivity index (χ0n) is 8.97. The van der Waals surface area contributed by atoms with Crippen LogP contribution in [-0.2, 0) is 0 Å². The van der Waals surface area contributed by atoms with Gasteiger partial charge >= 0.3 is 0 Å². The van der Waals surface area contributed by atoms with Crippen LogP contribution in [0.25, 0.3) is 10.1 Å². The minimum atomic E-state index is -0.243. The molecule has 0 saturated heterocycles. The molecule has 0 radical (unpaired) electrons.